The van der Waals surface area contributed by atoms with Crippen LogP contribution >= 0.6 is 11.3 Å². The fraction of sp³-hybridized carbons (Fsp3) is 0.190. The van der Waals surface area contributed by atoms with Gasteiger partial charge >= 0.3 is 0 Å². The van der Waals surface area contributed by atoms with Gasteiger partial charge in [-0.15, -0.1) is 10.2 Å². The number of amides is 3. The highest BCUT2D eigenvalue weighted by Gasteiger charge is 2.36. The van der Waals surface area contributed by atoms with Crippen LogP contribution in [-0.4, -0.2) is 39.4 Å². The van der Waals surface area contributed by atoms with Crippen molar-refractivity contribution < 1.29 is 14.4 Å². The first-order chi connectivity index (χ1) is 14.1. The van der Waals surface area contributed by atoms with Crippen molar-refractivity contribution in [2.24, 2.45) is 0 Å². The maximum atomic E-state index is 12.4. The van der Waals surface area contributed by atoms with Crippen molar-refractivity contribution in [3.8, 4) is 0 Å². The summed E-state index contributed by atoms with van der Waals surface area (Å²) >= 11 is 1.29. The van der Waals surface area contributed by atoms with Crippen LogP contribution in [0.15, 0.2) is 54.6 Å². The fourth-order valence-corrected chi connectivity index (χ4v) is 4.32. The van der Waals surface area contributed by atoms with Gasteiger partial charge in [-0.25, -0.2) is 0 Å². The van der Waals surface area contributed by atoms with E-state index < -0.39 is 17.7 Å². The molecule has 0 saturated carbocycles. The van der Waals surface area contributed by atoms with Crippen LogP contribution in [0.5, 0.6) is 0 Å². The van der Waals surface area contributed by atoms with Gasteiger partial charge in [-0.2, -0.15) is 0 Å². The number of rotatable bonds is 6. The Morgan fingerprint density at radius 1 is 1.00 bits per heavy atom. The molecule has 4 rings (SSSR count). The van der Waals surface area contributed by atoms with E-state index in [-0.39, 0.29) is 12.5 Å². The molecule has 0 spiro atoms. The maximum absolute atomic E-state index is 12.4. The van der Waals surface area contributed by atoms with Crippen molar-refractivity contribution >= 4 is 34.2 Å². The summed E-state index contributed by atoms with van der Waals surface area (Å²) in [7, 11) is 0. The molecule has 0 aliphatic carbocycles. The molecule has 0 radical (unpaired) electrons. The number of carbonyl (C=O) groups is 3. The highest BCUT2D eigenvalue weighted by atomic mass is 32.1. The molecule has 0 fully saturated rings. The van der Waals surface area contributed by atoms with Crippen molar-refractivity contribution in [2.45, 2.75) is 19.3 Å². The van der Waals surface area contributed by atoms with Gasteiger partial charge in [0.05, 0.1) is 11.1 Å². The molecule has 0 saturated heterocycles. The summed E-state index contributed by atoms with van der Waals surface area (Å²) in [5.74, 6) is -1.33. The second-order valence-electron chi connectivity index (χ2n) is 6.61. The lowest BCUT2D eigenvalue weighted by molar-refractivity contribution is -0.116. The molecule has 146 valence electrons. The highest BCUT2D eigenvalue weighted by Crippen LogP contribution is 2.31. The van der Waals surface area contributed by atoms with Crippen molar-refractivity contribution in [3.05, 3.63) is 76.3 Å². The minimum atomic E-state index is -0.491. The van der Waals surface area contributed by atoms with Gasteiger partial charge in [-0.05, 0) is 24.1 Å². The minimum absolute atomic E-state index is 0.0931. The molecule has 0 bridgehead atoms. The molecule has 2 aromatic carbocycles. The summed E-state index contributed by atoms with van der Waals surface area (Å²) in [4.78, 5) is 38.1. The summed E-state index contributed by atoms with van der Waals surface area (Å²) in [5.41, 5.74) is 1.77. The van der Waals surface area contributed by atoms with Crippen LogP contribution in [0.4, 0.5) is 5.13 Å². The van der Waals surface area contributed by atoms with E-state index in [1.54, 1.807) is 24.3 Å². The van der Waals surface area contributed by atoms with E-state index >= 15 is 0 Å². The minimum Gasteiger partial charge on any atom is -0.299 e. The second-order valence-corrected chi connectivity index (χ2v) is 7.62. The number of nitrogens with one attached hydrogen (secondary N) is 1. The average Bonchev–Trinajstić information content (AvgIpc) is 3.28. The van der Waals surface area contributed by atoms with Crippen molar-refractivity contribution in [2.75, 3.05) is 11.9 Å². The third-order valence-electron chi connectivity index (χ3n) is 4.78. The van der Waals surface area contributed by atoms with Gasteiger partial charge in [-0.3, -0.25) is 24.6 Å². The molecular weight excluding hydrogens is 388 g/mol. The lowest BCUT2D eigenvalue weighted by Crippen LogP contribution is -2.37. The number of fused-ring (bicyclic) bond motifs is 1. The molecule has 1 N–H and O–H groups in total. The Labute approximate surface area is 171 Å². The quantitative estimate of drug-likeness (QED) is 0.634. The van der Waals surface area contributed by atoms with E-state index in [0.717, 1.165) is 21.9 Å². The number of hydrogen-bond acceptors (Lipinski definition) is 6. The summed E-state index contributed by atoms with van der Waals surface area (Å²) in [6.45, 7) is 1.71. The normalized spacial score (nSPS) is 14.0. The van der Waals surface area contributed by atoms with Gasteiger partial charge in [0, 0.05) is 5.92 Å². The van der Waals surface area contributed by atoms with Crippen molar-refractivity contribution in [3.63, 3.8) is 0 Å². The predicted octanol–water partition coefficient (Wildman–Crippen LogP) is 3.31. The van der Waals surface area contributed by atoms with Crippen molar-refractivity contribution in [1.82, 2.24) is 15.1 Å². The Hall–Kier alpha value is -3.39. The first-order valence-electron chi connectivity index (χ1n) is 9.22. The van der Waals surface area contributed by atoms with E-state index in [1.807, 2.05) is 30.3 Å². The standard InChI is InChI=1S/C21H18N4O3S/c1-2-14(13-8-4-3-5-9-13)18-23-24-21(29-18)22-17(26)12-25-19(27)15-10-6-7-11-16(15)20(25)28/h3-11,14H,2,12H2,1H3,(H,22,24,26). The van der Waals surface area contributed by atoms with Gasteiger partial charge in [-0.1, -0.05) is 60.7 Å². The summed E-state index contributed by atoms with van der Waals surface area (Å²) in [6.07, 6.45) is 0.849. The smallest absolute Gasteiger partial charge is 0.262 e. The van der Waals surface area contributed by atoms with Crippen LogP contribution in [-0.2, 0) is 4.79 Å². The molecule has 3 aromatic rings. The molecule has 7 nitrogen and oxygen atoms in total. The monoisotopic (exact) mass is 406 g/mol. The number of hydrogen-bond donors (Lipinski definition) is 1. The molecule has 1 aliphatic heterocycles. The largest absolute Gasteiger partial charge is 0.299 e. The Kier molecular flexibility index (Phi) is 5.18. The topological polar surface area (TPSA) is 92.3 Å². The molecular formula is C21H18N4O3S. The highest BCUT2D eigenvalue weighted by molar-refractivity contribution is 7.15. The summed E-state index contributed by atoms with van der Waals surface area (Å²) < 4.78 is 0. The third-order valence-corrected chi connectivity index (χ3v) is 5.73. The number of imide groups is 1. The molecule has 2 heterocycles. The lowest BCUT2D eigenvalue weighted by Gasteiger charge is -2.12. The molecule has 1 aliphatic rings. The Bertz CT molecular complexity index is 1050. The molecule has 29 heavy (non-hydrogen) atoms. The van der Waals surface area contributed by atoms with E-state index in [2.05, 4.69) is 22.4 Å². The SMILES string of the molecule is CCC(c1ccccc1)c1nnc(NC(=O)CN2C(=O)c3ccccc3C2=O)s1. The number of carbonyl (C=O) groups excluding carboxylic acids is 3. The zero-order chi connectivity index (χ0) is 20.4. The molecule has 8 heteroatoms. The fourth-order valence-electron chi connectivity index (χ4n) is 3.35. The first kappa shape index (κ1) is 18.9. The van der Waals surface area contributed by atoms with E-state index in [9.17, 15) is 14.4 Å². The van der Waals surface area contributed by atoms with Gasteiger partial charge in [0.15, 0.2) is 0 Å². The zero-order valence-electron chi connectivity index (χ0n) is 15.7. The number of aromatic nitrogens is 2. The van der Waals surface area contributed by atoms with E-state index in [1.165, 1.54) is 11.3 Å². The van der Waals surface area contributed by atoms with Crippen LogP contribution in [0.1, 0.15) is 50.5 Å². The second kappa shape index (κ2) is 7.92. The average molecular weight is 406 g/mol. The van der Waals surface area contributed by atoms with Gasteiger partial charge in [0.1, 0.15) is 11.6 Å². The Morgan fingerprint density at radius 2 is 1.62 bits per heavy atom. The molecule has 1 unspecified atom stereocenters. The molecule has 3 amide bonds. The lowest BCUT2D eigenvalue weighted by atomic mass is 9.97. The number of anilines is 1. The van der Waals surface area contributed by atoms with Crippen LogP contribution < -0.4 is 5.32 Å². The van der Waals surface area contributed by atoms with Crippen LogP contribution in [0.2, 0.25) is 0 Å². The van der Waals surface area contributed by atoms with Crippen LogP contribution in [0.25, 0.3) is 0 Å². The van der Waals surface area contributed by atoms with Gasteiger partial charge < -0.3 is 0 Å². The van der Waals surface area contributed by atoms with E-state index in [4.69, 9.17) is 0 Å². The van der Waals surface area contributed by atoms with Gasteiger partial charge in [0.25, 0.3) is 11.8 Å². The molecule has 1 aromatic heterocycles. The van der Waals surface area contributed by atoms with Crippen LogP contribution in [0.3, 0.4) is 0 Å². The summed E-state index contributed by atoms with van der Waals surface area (Å²) in [5, 5.41) is 12.1. The third kappa shape index (κ3) is 3.66. The van der Waals surface area contributed by atoms with Crippen LogP contribution in [0, 0.1) is 0 Å². The zero-order valence-corrected chi connectivity index (χ0v) is 16.5. The Balaban J connectivity index is 1.44. The number of nitrogens with zero attached hydrogens (tertiary/aromatic N) is 3. The Morgan fingerprint density at radius 3 is 2.24 bits per heavy atom. The van der Waals surface area contributed by atoms with Crippen molar-refractivity contribution in [1.29, 1.82) is 0 Å². The molecule has 1 atom stereocenters. The first-order valence-corrected chi connectivity index (χ1v) is 10.0. The maximum Gasteiger partial charge on any atom is 0.262 e. The predicted molar refractivity (Wildman–Crippen MR) is 109 cm³/mol. The number of benzene rings is 2. The van der Waals surface area contributed by atoms with Gasteiger partial charge in [0.2, 0.25) is 11.0 Å². The summed E-state index contributed by atoms with van der Waals surface area (Å²) in [6, 6.07) is 16.5. The van der Waals surface area contributed by atoms with E-state index in [0.29, 0.717) is 16.3 Å².